The smallest absolute Gasteiger partial charge is 0.329 e. The molecule has 0 radical (unpaired) electrons. The first-order chi connectivity index (χ1) is 10.2. The number of carbonyl (C=O) groups excluding carboxylic acids is 2. The van der Waals surface area contributed by atoms with Gasteiger partial charge in [-0.3, -0.25) is 4.79 Å². The number of methoxy groups -OCH3 is 1. The van der Waals surface area contributed by atoms with Crippen molar-refractivity contribution in [2.75, 3.05) is 7.11 Å². The zero-order chi connectivity index (χ0) is 15.2. The summed E-state index contributed by atoms with van der Waals surface area (Å²) in [6.45, 7) is 0. The van der Waals surface area contributed by atoms with E-state index in [4.69, 9.17) is 6.42 Å². The normalized spacial score (nSPS) is 11.4. The van der Waals surface area contributed by atoms with E-state index in [0.717, 1.165) is 5.39 Å². The molecule has 1 amide bonds. The molecular formula is C16H14N2O3. The fourth-order valence-electron chi connectivity index (χ4n) is 1.88. The minimum absolute atomic E-state index is 0.0615. The lowest BCUT2D eigenvalue weighted by Crippen LogP contribution is -2.41. The Kier molecular flexibility index (Phi) is 4.52. The quantitative estimate of drug-likeness (QED) is 0.682. The van der Waals surface area contributed by atoms with Crippen LogP contribution in [0.25, 0.3) is 10.9 Å². The number of hydrogen-bond acceptors (Lipinski definition) is 4. The van der Waals surface area contributed by atoms with Gasteiger partial charge in [0, 0.05) is 11.8 Å². The van der Waals surface area contributed by atoms with Crippen LogP contribution in [0, 0.1) is 12.3 Å². The van der Waals surface area contributed by atoms with Crippen LogP contribution in [0.2, 0.25) is 0 Å². The molecule has 0 saturated heterocycles. The number of terminal acetylenes is 1. The highest BCUT2D eigenvalue weighted by molar-refractivity contribution is 5.97. The molecule has 106 valence electrons. The summed E-state index contributed by atoms with van der Waals surface area (Å²) < 4.78 is 4.60. The van der Waals surface area contributed by atoms with Crippen molar-refractivity contribution in [3.05, 3.63) is 42.1 Å². The lowest BCUT2D eigenvalue weighted by Gasteiger charge is -2.13. The van der Waals surface area contributed by atoms with Gasteiger partial charge >= 0.3 is 5.97 Å². The first-order valence-electron chi connectivity index (χ1n) is 6.33. The lowest BCUT2D eigenvalue weighted by molar-refractivity contribution is -0.142. The molecule has 1 aromatic carbocycles. The minimum atomic E-state index is -0.874. The van der Waals surface area contributed by atoms with E-state index >= 15 is 0 Å². The predicted molar refractivity (Wildman–Crippen MR) is 78.5 cm³/mol. The van der Waals surface area contributed by atoms with Crippen molar-refractivity contribution in [3.8, 4) is 12.3 Å². The molecule has 2 rings (SSSR count). The molecule has 0 fully saturated rings. The molecule has 0 bridgehead atoms. The molecule has 1 heterocycles. The number of hydrogen-bond donors (Lipinski definition) is 1. The monoisotopic (exact) mass is 282 g/mol. The zero-order valence-corrected chi connectivity index (χ0v) is 11.5. The van der Waals surface area contributed by atoms with E-state index in [0.29, 0.717) is 5.52 Å². The highest BCUT2D eigenvalue weighted by Crippen LogP contribution is 2.12. The number of carbonyl (C=O) groups is 2. The Labute approximate surface area is 122 Å². The molecule has 0 spiro atoms. The molecule has 0 saturated carbocycles. The molecule has 0 aliphatic rings. The Hall–Kier alpha value is -2.87. The largest absolute Gasteiger partial charge is 0.467 e. The van der Waals surface area contributed by atoms with Crippen LogP contribution in [0.1, 0.15) is 16.9 Å². The van der Waals surface area contributed by atoms with Gasteiger partial charge in [-0.25, -0.2) is 9.78 Å². The summed E-state index contributed by atoms with van der Waals surface area (Å²) in [4.78, 5) is 27.9. The third-order valence-corrected chi connectivity index (χ3v) is 2.94. The van der Waals surface area contributed by atoms with Crippen LogP contribution in [0.5, 0.6) is 0 Å². The molecule has 1 N–H and O–H groups in total. The number of pyridine rings is 1. The molecule has 0 aliphatic heterocycles. The van der Waals surface area contributed by atoms with Gasteiger partial charge in [-0.1, -0.05) is 24.3 Å². The van der Waals surface area contributed by atoms with Crippen LogP contribution in [0.4, 0.5) is 0 Å². The van der Waals surface area contributed by atoms with E-state index in [1.807, 2.05) is 24.3 Å². The topological polar surface area (TPSA) is 68.3 Å². The second kappa shape index (κ2) is 6.53. The first kappa shape index (κ1) is 14.5. The zero-order valence-electron chi connectivity index (χ0n) is 11.5. The predicted octanol–water partition coefficient (Wildman–Crippen LogP) is 1.53. The summed E-state index contributed by atoms with van der Waals surface area (Å²) in [5.74, 6) is 1.29. The number of ether oxygens (including phenoxy) is 1. The number of nitrogens with one attached hydrogen (secondary N) is 1. The van der Waals surface area contributed by atoms with Gasteiger partial charge in [-0.05, 0) is 12.1 Å². The maximum atomic E-state index is 12.1. The van der Waals surface area contributed by atoms with Crippen LogP contribution >= 0.6 is 0 Å². The Balaban J connectivity index is 2.21. The van der Waals surface area contributed by atoms with Gasteiger partial charge in [0.2, 0.25) is 0 Å². The van der Waals surface area contributed by atoms with E-state index in [-0.39, 0.29) is 12.1 Å². The number of nitrogens with zero attached hydrogens (tertiary/aromatic N) is 1. The van der Waals surface area contributed by atoms with Crippen molar-refractivity contribution in [1.82, 2.24) is 10.3 Å². The number of esters is 1. The summed E-state index contributed by atoms with van der Waals surface area (Å²) in [5.41, 5.74) is 0.927. The van der Waals surface area contributed by atoms with Gasteiger partial charge < -0.3 is 10.1 Å². The van der Waals surface area contributed by atoms with Crippen LogP contribution in [-0.2, 0) is 9.53 Å². The van der Waals surface area contributed by atoms with Gasteiger partial charge in [0.1, 0.15) is 11.7 Å². The standard InChI is InChI=1S/C16H14N2O3/c1-3-6-14(16(20)21-2)18-15(19)13-10-9-11-7-4-5-8-12(11)17-13/h1,4-5,7-10,14H,6H2,2H3,(H,18,19)/t14-/m1/s1. The molecule has 1 aromatic heterocycles. The number of rotatable bonds is 4. The molecule has 5 nitrogen and oxygen atoms in total. The second-order valence-electron chi connectivity index (χ2n) is 4.35. The number of fused-ring (bicyclic) bond motifs is 1. The number of para-hydroxylation sites is 1. The fraction of sp³-hybridized carbons (Fsp3) is 0.188. The summed E-state index contributed by atoms with van der Waals surface area (Å²) >= 11 is 0. The Bertz CT molecular complexity index is 719. The van der Waals surface area contributed by atoms with E-state index in [1.54, 1.807) is 12.1 Å². The summed E-state index contributed by atoms with van der Waals surface area (Å²) in [5, 5.41) is 3.46. The molecule has 0 unspecified atom stereocenters. The van der Waals surface area contributed by atoms with E-state index < -0.39 is 17.9 Å². The second-order valence-corrected chi connectivity index (χ2v) is 4.35. The number of benzene rings is 1. The summed E-state index contributed by atoms with van der Waals surface area (Å²) in [6.07, 6.45) is 5.25. The molecule has 1 atom stereocenters. The van der Waals surface area contributed by atoms with Crippen LogP contribution in [0.3, 0.4) is 0 Å². The fourth-order valence-corrected chi connectivity index (χ4v) is 1.88. The third kappa shape index (κ3) is 3.37. The third-order valence-electron chi connectivity index (χ3n) is 2.94. The molecule has 2 aromatic rings. The van der Waals surface area contributed by atoms with Crippen LogP contribution < -0.4 is 5.32 Å². The summed E-state index contributed by atoms with van der Waals surface area (Å²) in [6, 6.07) is 9.97. The van der Waals surface area contributed by atoms with Gasteiger partial charge in [-0.2, -0.15) is 0 Å². The average molecular weight is 282 g/mol. The maximum absolute atomic E-state index is 12.1. The molecular weight excluding hydrogens is 268 g/mol. The molecule has 0 aliphatic carbocycles. The average Bonchev–Trinajstić information content (AvgIpc) is 2.53. The van der Waals surface area contributed by atoms with Gasteiger partial charge in [0.15, 0.2) is 0 Å². The van der Waals surface area contributed by atoms with Crippen molar-refractivity contribution in [2.45, 2.75) is 12.5 Å². The number of aromatic nitrogens is 1. The van der Waals surface area contributed by atoms with Crippen LogP contribution in [0.15, 0.2) is 36.4 Å². The van der Waals surface area contributed by atoms with E-state index in [2.05, 4.69) is 21.0 Å². The highest BCUT2D eigenvalue weighted by atomic mass is 16.5. The minimum Gasteiger partial charge on any atom is -0.467 e. The summed E-state index contributed by atoms with van der Waals surface area (Å²) in [7, 11) is 1.24. The number of amides is 1. The van der Waals surface area contributed by atoms with Crippen molar-refractivity contribution in [1.29, 1.82) is 0 Å². The Morgan fingerprint density at radius 3 is 2.81 bits per heavy atom. The van der Waals surface area contributed by atoms with Gasteiger partial charge in [0.05, 0.1) is 12.6 Å². The van der Waals surface area contributed by atoms with Crippen LogP contribution in [-0.4, -0.2) is 30.0 Å². The molecule has 21 heavy (non-hydrogen) atoms. The van der Waals surface area contributed by atoms with E-state index in [9.17, 15) is 9.59 Å². The highest BCUT2D eigenvalue weighted by Gasteiger charge is 2.21. The van der Waals surface area contributed by atoms with Crippen molar-refractivity contribution < 1.29 is 14.3 Å². The Morgan fingerprint density at radius 2 is 2.10 bits per heavy atom. The van der Waals surface area contributed by atoms with Crippen molar-refractivity contribution >= 4 is 22.8 Å². The SMILES string of the molecule is C#CC[C@@H](NC(=O)c1ccc2ccccc2n1)C(=O)OC. The molecule has 5 heteroatoms. The van der Waals surface area contributed by atoms with Crippen molar-refractivity contribution in [3.63, 3.8) is 0 Å². The lowest BCUT2D eigenvalue weighted by atomic mass is 10.2. The Morgan fingerprint density at radius 1 is 1.33 bits per heavy atom. The van der Waals surface area contributed by atoms with Gasteiger partial charge in [0.25, 0.3) is 5.91 Å². The first-order valence-corrected chi connectivity index (χ1v) is 6.33. The van der Waals surface area contributed by atoms with Gasteiger partial charge in [-0.15, -0.1) is 12.3 Å². The van der Waals surface area contributed by atoms with Crippen molar-refractivity contribution in [2.24, 2.45) is 0 Å². The van der Waals surface area contributed by atoms with E-state index in [1.165, 1.54) is 7.11 Å². The maximum Gasteiger partial charge on any atom is 0.329 e.